The molecule has 1 unspecified atom stereocenters. The van der Waals surface area contributed by atoms with Crippen molar-refractivity contribution >= 4 is 9.84 Å². The maximum absolute atomic E-state index is 12.6. The van der Waals surface area contributed by atoms with Crippen molar-refractivity contribution in [3.8, 4) is 0 Å². The van der Waals surface area contributed by atoms with Crippen LogP contribution in [0.4, 0.5) is 13.2 Å². The summed E-state index contributed by atoms with van der Waals surface area (Å²) < 4.78 is 65.9. The van der Waals surface area contributed by atoms with Gasteiger partial charge in [0.25, 0.3) is 9.84 Å². The fraction of sp³-hybridized carbons (Fsp3) is 0.500. The first-order valence-corrected chi connectivity index (χ1v) is 7.27. The zero-order valence-corrected chi connectivity index (χ0v) is 11.9. The lowest BCUT2D eigenvalue weighted by Gasteiger charge is -2.18. The molecule has 0 heterocycles. The lowest BCUT2D eigenvalue weighted by atomic mass is 10.1. The van der Waals surface area contributed by atoms with Gasteiger partial charge in [-0.25, -0.2) is 8.42 Å². The quantitative estimate of drug-likeness (QED) is 0.870. The predicted molar refractivity (Wildman–Crippen MR) is 68.1 cm³/mol. The number of benzene rings is 1. The van der Waals surface area contributed by atoms with Crippen LogP contribution < -0.4 is 5.32 Å². The molecule has 0 fully saturated rings. The molecule has 4 nitrogen and oxygen atoms in total. The smallest absolute Gasteiger partial charge is 0.383 e. The van der Waals surface area contributed by atoms with E-state index in [1.54, 1.807) is 7.05 Å². The summed E-state index contributed by atoms with van der Waals surface area (Å²) >= 11 is 0. The summed E-state index contributed by atoms with van der Waals surface area (Å²) in [5, 5.41) is 2.87. The third kappa shape index (κ3) is 3.71. The van der Waals surface area contributed by atoms with Crippen molar-refractivity contribution < 1.29 is 26.3 Å². The molecule has 0 aliphatic heterocycles. The van der Waals surface area contributed by atoms with Gasteiger partial charge in [0.1, 0.15) is 0 Å². The molecule has 8 heteroatoms. The standard InChI is InChI=1S/C12H16F3NO3S/c1-16-10(8-19-2)7-9-5-3-4-6-11(9)20(17,18)12(13,14)15/h3-6,10,16H,7-8H2,1-2H3. The summed E-state index contributed by atoms with van der Waals surface area (Å²) in [7, 11) is -2.25. The van der Waals surface area contributed by atoms with Crippen LogP contribution in [-0.2, 0) is 21.0 Å². The highest BCUT2D eigenvalue weighted by molar-refractivity contribution is 7.92. The van der Waals surface area contributed by atoms with Crippen molar-refractivity contribution in [2.75, 3.05) is 20.8 Å². The molecule has 0 bridgehead atoms. The van der Waals surface area contributed by atoms with E-state index in [4.69, 9.17) is 4.74 Å². The van der Waals surface area contributed by atoms with Gasteiger partial charge < -0.3 is 10.1 Å². The Morgan fingerprint density at radius 2 is 1.90 bits per heavy atom. The Labute approximate surface area is 115 Å². The molecule has 20 heavy (non-hydrogen) atoms. The van der Waals surface area contributed by atoms with Gasteiger partial charge in [-0.05, 0) is 25.1 Å². The maximum atomic E-state index is 12.6. The van der Waals surface area contributed by atoms with Gasteiger partial charge in [-0.2, -0.15) is 13.2 Å². The predicted octanol–water partition coefficient (Wildman–Crippen LogP) is 1.76. The van der Waals surface area contributed by atoms with E-state index >= 15 is 0 Å². The molecule has 1 aromatic rings. The van der Waals surface area contributed by atoms with Gasteiger partial charge in [0.05, 0.1) is 11.5 Å². The topological polar surface area (TPSA) is 55.4 Å². The average molecular weight is 311 g/mol. The molecule has 1 aromatic carbocycles. The first kappa shape index (κ1) is 16.9. The van der Waals surface area contributed by atoms with E-state index in [1.165, 1.54) is 25.3 Å². The summed E-state index contributed by atoms with van der Waals surface area (Å²) in [6.45, 7) is 0.261. The second-order valence-electron chi connectivity index (χ2n) is 4.20. The second-order valence-corrected chi connectivity index (χ2v) is 6.11. The first-order chi connectivity index (χ1) is 9.24. The highest BCUT2D eigenvalue weighted by Gasteiger charge is 2.47. The Morgan fingerprint density at radius 1 is 1.30 bits per heavy atom. The van der Waals surface area contributed by atoms with E-state index < -0.39 is 20.2 Å². The highest BCUT2D eigenvalue weighted by atomic mass is 32.2. The summed E-state index contributed by atoms with van der Waals surface area (Å²) in [6.07, 6.45) is 0.121. The number of rotatable bonds is 6. The van der Waals surface area contributed by atoms with E-state index in [0.717, 1.165) is 6.07 Å². The molecule has 0 saturated carbocycles. The summed E-state index contributed by atoms with van der Waals surface area (Å²) in [5.41, 5.74) is -5.19. The molecule has 0 amide bonds. The number of hydrogen-bond donors (Lipinski definition) is 1. The van der Waals surface area contributed by atoms with Gasteiger partial charge in [0.15, 0.2) is 0 Å². The molecule has 0 aromatic heterocycles. The molecule has 0 radical (unpaired) electrons. The number of methoxy groups -OCH3 is 1. The first-order valence-electron chi connectivity index (χ1n) is 5.79. The Kier molecular flexibility index (Phi) is 5.55. The average Bonchev–Trinajstić information content (AvgIpc) is 2.37. The van der Waals surface area contributed by atoms with Gasteiger partial charge in [-0.3, -0.25) is 0 Å². The third-order valence-corrected chi connectivity index (χ3v) is 4.40. The molecular formula is C12H16F3NO3S. The van der Waals surface area contributed by atoms with Crippen LogP contribution >= 0.6 is 0 Å². The van der Waals surface area contributed by atoms with Crippen molar-refractivity contribution in [2.45, 2.75) is 22.9 Å². The van der Waals surface area contributed by atoms with E-state index in [9.17, 15) is 21.6 Å². The van der Waals surface area contributed by atoms with E-state index in [2.05, 4.69) is 5.32 Å². The molecule has 1 N–H and O–H groups in total. The summed E-state index contributed by atoms with van der Waals surface area (Å²) in [4.78, 5) is -0.705. The molecule has 1 atom stereocenters. The molecule has 0 aliphatic carbocycles. The van der Waals surface area contributed by atoms with Gasteiger partial charge in [-0.15, -0.1) is 0 Å². The lowest BCUT2D eigenvalue weighted by Crippen LogP contribution is -2.33. The van der Waals surface area contributed by atoms with Gasteiger partial charge in [-0.1, -0.05) is 18.2 Å². The fourth-order valence-corrected chi connectivity index (χ4v) is 2.77. The normalized spacial score (nSPS) is 14.2. The molecule has 0 spiro atoms. The molecular weight excluding hydrogens is 295 g/mol. The maximum Gasteiger partial charge on any atom is 0.501 e. The number of alkyl halides is 3. The van der Waals surface area contributed by atoms with Crippen LogP contribution in [0.25, 0.3) is 0 Å². The number of ether oxygens (including phenoxy) is 1. The zero-order valence-electron chi connectivity index (χ0n) is 11.1. The second kappa shape index (κ2) is 6.55. The number of sulfone groups is 1. The number of likely N-dealkylation sites (N-methyl/N-ethyl adjacent to an activating group) is 1. The Morgan fingerprint density at radius 3 is 2.40 bits per heavy atom. The van der Waals surface area contributed by atoms with Crippen molar-refractivity contribution in [1.82, 2.24) is 5.32 Å². The number of nitrogens with one attached hydrogen (secondary N) is 1. The third-order valence-electron chi connectivity index (χ3n) is 2.81. The lowest BCUT2D eigenvalue weighted by molar-refractivity contribution is -0.0436. The monoisotopic (exact) mass is 311 g/mol. The van der Waals surface area contributed by atoms with Gasteiger partial charge in [0.2, 0.25) is 0 Å². The minimum absolute atomic E-state index is 0.112. The minimum Gasteiger partial charge on any atom is -0.383 e. The van der Waals surface area contributed by atoms with Crippen molar-refractivity contribution in [2.24, 2.45) is 0 Å². The van der Waals surface area contributed by atoms with Crippen LogP contribution in [0.1, 0.15) is 5.56 Å². The van der Waals surface area contributed by atoms with E-state index in [1.807, 2.05) is 0 Å². The number of halogens is 3. The minimum atomic E-state index is -5.34. The molecule has 1 rings (SSSR count). The Hall–Kier alpha value is -1.12. The fourth-order valence-electron chi connectivity index (χ4n) is 1.77. The Balaban J connectivity index is 3.18. The van der Waals surface area contributed by atoms with Crippen LogP contribution in [0.3, 0.4) is 0 Å². The van der Waals surface area contributed by atoms with Crippen molar-refractivity contribution in [3.63, 3.8) is 0 Å². The van der Waals surface area contributed by atoms with Gasteiger partial charge in [0, 0.05) is 13.2 Å². The van der Waals surface area contributed by atoms with Gasteiger partial charge >= 0.3 is 5.51 Å². The van der Waals surface area contributed by atoms with Crippen molar-refractivity contribution in [1.29, 1.82) is 0 Å². The van der Waals surface area contributed by atoms with Crippen molar-refractivity contribution in [3.05, 3.63) is 29.8 Å². The van der Waals surface area contributed by atoms with Crippen LogP contribution in [0.5, 0.6) is 0 Å². The SMILES string of the molecule is CNC(COC)Cc1ccccc1S(=O)(=O)C(F)(F)F. The summed E-state index contributed by atoms with van der Waals surface area (Å²) in [5.74, 6) is 0. The van der Waals surface area contributed by atoms with E-state index in [-0.39, 0.29) is 24.6 Å². The molecule has 0 saturated heterocycles. The largest absolute Gasteiger partial charge is 0.501 e. The van der Waals surface area contributed by atoms with Crippen LogP contribution in [0.15, 0.2) is 29.2 Å². The van der Waals surface area contributed by atoms with Crippen LogP contribution in [0, 0.1) is 0 Å². The highest BCUT2D eigenvalue weighted by Crippen LogP contribution is 2.32. The van der Waals surface area contributed by atoms with Crippen LogP contribution in [0.2, 0.25) is 0 Å². The Bertz CT molecular complexity index is 543. The molecule has 0 aliphatic rings. The van der Waals surface area contributed by atoms with Crippen LogP contribution in [-0.4, -0.2) is 40.7 Å². The number of hydrogen-bond acceptors (Lipinski definition) is 4. The zero-order chi connectivity index (χ0) is 15.4. The van der Waals surface area contributed by atoms with E-state index in [0.29, 0.717) is 0 Å². The summed E-state index contributed by atoms with van der Waals surface area (Å²) in [6, 6.07) is 4.84. The molecule has 114 valence electrons.